The monoisotopic (exact) mass is 353 g/mol. The van der Waals surface area contributed by atoms with Gasteiger partial charge >= 0.3 is 16.2 Å². The molecule has 0 aliphatic heterocycles. The van der Waals surface area contributed by atoms with E-state index in [-0.39, 0.29) is 22.8 Å². The number of carbonyl (C=O) groups excluding carboxylic acids is 1. The number of hydrogen-bond donors (Lipinski definition) is 1. The van der Waals surface area contributed by atoms with Crippen LogP contribution < -0.4 is 9.50 Å². The molecule has 128 valence electrons. The smallest absolute Gasteiger partial charge is 0.411 e. The maximum Gasteiger partial charge on any atom is 0.411 e. The largest absolute Gasteiger partial charge is 0.450 e. The van der Waals surface area contributed by atoms with Gasteiger partial charge in [0.25, 0.3) is 0 Å². The molecule has 0 spiro atoms. The van der Waals surface area contributed by atoms with Gasteiger partial charge in [0.15, 0.2) is 0 Å². The fourth-order valence-corrected chi connectivity index (χ4v) is 3.11. The summed E-state index contributed by atoms with van der Waals surface area (Å²) >= 11 is 0. The van der Waals surface area contributed by atoms with Gasteiger partial charge in [-0.3, -0.25) is 5.32 Å². The first-order valence-electron chi connectivity index (χ1n) is 7.06. The molecule has 1 N–H and O–H groups in total. The maximum absolute atomic E-state index is 13.1. The molecular weight excluding hydrogens is 337 g/mol. The second kappa shape index (κ2) is 7.31. The number of hydrogen-bond acceptors (Lipinski definition) is 5. The molecule has 0 fully saturated rings. The molecule has 8 heteroatoms. The van der Waals surface area contributed by atoms with Crippen LogP contribution in [0, 0.1) is 12.7 Å². The van der Waals surface area contributed by atoms with Crippen molar-refractivity contribution in [3.05, 3.63) is 53.8 Å². The zero-order valence-electron chi connectivity index (χ0n) is 13.1. The molecule has 0 bridgehead atoms. The highest BCUT2D eigenvalue weighted by Gasteiger charge is 2.20. The SMILES string of the molecule is CCOC(=O)Nc1cccc(OS(=O)(=O)c2ccc(F)cc2C)c1. The van der Waals surface area contributed by atoms with E-state index in [2.05, 4.69) is 5.32 Å². The van der Waals surface area contributed by atoms with Crippen LogP contribution in [0.1, 0.15) is 12.5 Å². The second-order valence-corrected chi connectivity index (χ2v) is 6.34. The van der Waals surface area contributed by atoms with E-state index in [1.165, 1.54) is 25.1 Å². The molecule has 0 saturated carbocycles. The molecule has 0 aliphatic rings. The van der Waals surface area contributed by atoms with Crippen molar-refractivity contribution in [3.63, 3.8) is 0 Å². The first kappa shape index (κ1) is 17.7. The molecule has 0 saturated heterocycles. The van der Waals surface area contributed by atoms with E-state index in [9.17, 15) is 17.6 Å². The standard InChI is InChI=1S/C16H16FNO5S/c1-3-22-16(19)18-13-5-4-6-14(10-13)23-24(20,21)15-8-7-12(17)9-11(15)2/h4-10H,3H2,1-2H3,(H,18,19). The number of aryl methyl sites for hydroxylation is 1. The van der Waals surface area contributed by atoms with Gasteiger partial charge in [-0.2, -0.15) is 8.42 Å². The molecule has 1 amide bonds. The molecule has 0 heterocycles. The number of ether oxygens (including phenoxy) is 1. The highest BCUT2D eigenvalue weighted by molar-refractivity contribution is 7.87. The first-order chi connectivity index (χ1) is 11.3. The summed E-state index contributed by atoms with van der Waals surface area (Å²) in [7, 11) is -4.13. The van der Waals surface area contributed by atoms with Gasteiger partial charge in [-0.1, -0.05) is 6.07 Å². The predicted octanol–water partition coefficient (Wildman–Crippen LogP) is 3.47. The Labute approximate surface area is 139 Å². The van der Waals surface area contributed by atoms with E-state index in [1.807, 2.05) is 0 Å². The summed E-state index contributed by atoms with van der Waals surface area (Å²) < 4.78 is 47.5. The van der Waals surface area contributed by atoms with Gasteiger partial charge in [0.1, 0.15) is 16.5 Å². The van der Waals surface area contributed by atoms with Crippen molar-refractivity contribution in [1.29, 1.82) is 0 Å². The van der Waals surface area contributed by atoms with Crippen LogP contribution in [0.15, 0.2) is 47.4 Å². The molecule has 2 rings (SSSR count). The molecule has 2 aromatic rings. The Morgan fingerprint density at radius 1 is 1.21 bits per heavy atom. The van der Waals surface area contributed by atoms with Gasteiger partial charge < -0.3 is 8.92 Å². The molecule has 0 aliphatic carbocycles. The number of halogens is 1. The maximum atomic E-state index is 13.1. The van der Waals surface area contributed by atoms with E-state index in [0.29, 0.717) is 5.69 Å². The predicted molar refractivity (Wildman–Crippen MR) is 86.0 cm³/mol. The average molecular weight is 353 g/mol. The summed E-state index contributed by atoms with van der Waals surface area (Å²) in [6.45, 7) is 3.34. The molecule has 0 radical (unpaired) electrons. The third-order valence-corrected chi connectivity index (χ3v) is 4.38. The van der Waals surface area contributed by atoms with Crippen molar-refractivity contribution in [1.82, 2.24) is 0 Å². The van der Waals surface area contributed by atoms with E-state index >= 15 is 0 Å². The summed E-state index contributed by atoms with van der Waals surface area (Å²) in [6.07, 6.45) is -0.660. The number of carbonyl (C=O) groups is 1. The Morgan fingerprint density at radius 2 is 1.96 bits per heavy atom. The fourth-order valence-electron chi connectivity index (χ4n) is 1.98. The van der Waals surface area contributed by atoms with Crippen LogP contribution in [0.2, 0.25) is 0 Å². The van der Waals surface area contributed by atoms with Crippen molar-refractivity contribution >= 4 is 21.9 Å². The van der Waals surface area contributed by atoms with Gasteiger partial charge in [0.05, 0.1) is 6.61 Å². The van der Waals surface area contributed by atoms with Crippen LogP contribution in [0.4, 0.5) is 14.9 Å². The van der Waals surface area contributed by atoms with Gasteiger partial charge in [-0.15, -0.1) is 0 Å². The Kier molecular flexibility index (Phi) is 5.40. The number of amides is 1. The van der Waals surface area contributed by atoms with Crippen molar-refractivity contribution in [2.45, 2.75) is 18.7 Å². The zero-order valence-corrected chi connectivity index (χ0v) is 13.9. The minimum atomic E-state index is -4.13. The average Bonchev–Trinajstić information content (AvgIpc) is 2.46. The van der Waals surface area contributed by atoms with Gasteiger partial charge in [-0.05, 0) is 49.7 Å². The topological polar surface area (TPSA) is 81.7 Å². The second-order valence-electron chi connectivity index (χ2n) is 4.82. The zero-order chi connectivity index (χ0) is 17.7. The molecule has 6 nitrogen and oxygen atoms in total. The van der Waals surface area contributed by atoms with Crippen LogP contribution in [-0.2, 0) is 14.9 Å². The molecule has 0 unspecified atom stereocenters. The van der Waals surface area contributed by atoms with Crippen molar-refractivity contribution in [3.8, 4) is 5.75 Å². The fraction of sp³-hybridized carbons (Fsp3) is 0.188. The van der Waals surface area contributed by atoms with Gasteiger partial charge in [0.2, 0.25) is 0 Å². The Hall–Kier alpha value is -2.61. The summed E-state index contributed by atoms with van der Waals surface area (Å²) in [4.78, 5) is 11.2. The van der Waals surface area contributed by atoms with Crippen LogP contribution in [-0.4, -0.2) is 21.1 Å². The Bertz CT molecular complexity index is 851. The van der Waals surface area contributed by atoms with E-state index < -0.39 is 22.0 Å². The highest BCUT2D eigenvalue weighted by Crippen LogP contribution is 2.24. The summed E-state index contributed by atoms with van der Waals surface area (Å²) in [6, 6.07) is 9.13. The third kappa shape index (κ3) is 4.45. The van der Waals surface area contributed by atoms with Crippen LogP contribution in [0.5, 0.6) is 5.75 Å². The summed E-state index contributed by atoms with van der Waals surface area (Å²) in [5.74, 6) is -0.528. The lowest BCUT2D eigenvalue weighted by Crippen LogP contribution is -2.14. The minimum Gasteiger partial charge on any atom is -0.450 e. The van der Waals surface area contributed by atoms with Crippen molar-refractivity contribution < 1.29 is 26.5 Å². The molecular formula is C16H16FNO5S. The minimum absolute atomic E-state index is 0.00743. The van der Waals surface area contributed by atoms with Crippen LogP contribution in [0.3, 0.4) is 0 Å². The van der Waals surface area contributed by atoms with Crippen molar-refractivity contribution in [2.24, 2.45) is 0 Å². The van der Waals surface area contributed by atoms with Gasteiger partial charge in [0, 0.05) is 11.8 Å². The Morgan fingerprint density at radius 3 is 2.62 bits per heavy atom. The number of benzene rings is 2. The molecule has 24 heavy (non-hydrogen) atoms. The van der Waals surface area contributed by atoms with E-state index in [1.54, 1.807) is 13.0 Å². The van der Waals surface area contributed by atoms with Gasteiger partial charge in [-0.25, -0.2) is 9.18 Å². The normalized spacial score (nSPS) is 11.0. The van der Waals surface area contributed by atoms with Crippen LogP contribution in [0.25, 0.3) is 0 Å². The number of nitrogens with one attached hydrogen (secondary N) is 1. The molecule has 0 atom stereocenters. The lowest BCUT2D eigenvalue weighted by atomic mass is 10.2. The Balaban J connectivity index is 2.22. The summed E-state index contributed by atoms with van der Waals surface area (Å²) in [5.41, 5.74) is 0.549. The van der Waals surface area contributed by atoms with E-state index in [0.717, 1.165) is 18.2 Å². The summed E-state index contributed by atoms with van der Waals surface area (Å²) in [5, 5.41) is 2.44. The molecule has 2 aromatic carbocycles. The molecule has 0 aromatic heterocycles. The van der Waals surface area contributed by atoms with Crippen LogP contribution >= 0.6 is 0 Å². The third-order valence-electron chi connectivity index (χ3n) is 2.97. The quantitative estimate of drug-likeness (QED) is 0.833. The first-order valence-corrected chi connectivity index (χ1v) is 8.47. The number of anilines is 1. The lowest BCUT2D eigenvalue weighted by Gasteiger charge is -2.11. The highest BCUT2D eigenvalue weighted by atomic mass is 32.2. The number of rotatable bonds is 5. The lowest BCUT2D eigenvalue weighted by molar-refractivity contribution is 0.168. The van der Waals surface area contributed by atoms with E-state index in [4.69, 9.17) is 8.92 Å². The van der Waals surface area contributed by atoms with Crippen molar-refractivity contribution in [2.75, 3.05) is 11.9 Å².